The van der Waals surface area contributed by atoms with Crippen molar-refractivity contribution < 1.29 is 46.6 Å². The average molecular weight is 816 g/mol. The molecular formula is C42H49N5O10S. The van der Waals surface area contributed by atoms with Crippen LogP contribution in [0.1, 0.15) is 72.1 Å². The van der Waals surface area contributed by atoms with Gasteiger partial charge >= 0.3 is 5.97 Å². The van der Waals surface area contributed by atoms with Gasteiger partial charge in [-0.2, -0.15) is 0 Å². The second kappa shape index (κ2) is 16.0. The molecule has 4 aliphatic rings. The van der Waals surface area contributed by atoms with Crippen molar-refractivity contribution in [2.24, 2.45) is 5.92 Å². The monoisotopic (exact) mass is 815 g/mol. The number of fused-ring (bicyclic) bond motifs is 3. The molecular weight excluding hydrogens is 767 g/mol. The Kier molecular flexibility index (Phi) is 11.2. The summed E-state index contributed by atoms with van der Waals surface area (Å²) >= 11 is 0. The lowest BCUT2D eigenvalue weighted by molar-refractivity contribution is -0.157. The molecule has 308 valence electrons. The minimum atomic E-state index is -3.95. The number of benzene rings is 2. The number of pyridine rings is 1. The molecule has 3 N–H and O–H groups in total. The van der Waals surface area contributed by atoms with Gasteiger partial charge in [0.25, 0.3) is 5.91 Å². The topological polar surface area (TPSA) is 199 Å². The molecule has 2 aliphatic carbocycles. The van der Waals surface area contributed by atoms with Gasteiger partial charge in [0, 0.05) is 41.8 Å². The van der Waals surface area contributed by atoms with E-state index in [9.17, 15) is 32.4 Å². The summed E-state index contributed by atoms with van der Waals surface area (Å²) in [5.74, 6) is -2.97. The number of carbonyl (C=O) groups excluding carboxylic acids is 5. The van der Waals surface area contributed by atoms with Crippen LogP contribution in [0.3, 0.4) is 0 Å². The first kappa shape index (κ1) is 40.7. The number of carbonyl (C=O) groups is 5. The summed E-state index contributed by atoms with van der Waals surface area (Å²) in [6.45, 7) is 4.93. The van der Waals surface area contributed by atoms with Gasteiger partial charge in [-0.15, -0.1) is 0 Å². The normalized spacial score (nSPS) is 25.3. The van der Waals surface area contributed by atoms with Crippen molar-refractivity contribution >= 4 is 50.5 Å². The maximum absolute atomic E-state index is 14.6. The first-order chi connectivity index (χ1) is 27.5. The molecule has 1 saturated heterocycles. The van der Waals surface area contributed by atoms with Crippen molar-refractivity contribution in [3.63, 3.8) is 0 Å². The van der Waals surface area contributed by atoms with Crippen molar-refractivity contribution in [3.05, 3.63) is 66.7 Å². The Bertz CT molecular complexity index is 2250. The summed E-state index contributed by atoms with van der Waals surface area (Å²) < 4.78 is 45.7. The molecule has 0 radical (unpaired) electrons. The highest BCUT2D eigenvalue weighted by Gasteiger charge is 2.62. The van der Waals surface area contributed by atoms with E-state index in [4.69, 9.17) is 19.2 Å². The molecule has 16 heteroatoms. The predicted octanol–water partition coefficient (Wildman–Crippen LogP) is 3.70. The van der Waals surface area contributed by atoms with E-state index in [1.165, 1.54) is 4.90 Å². The number of esters is 1. The van der Waals surface area contributed by atoms with Crippen LogP contribution in [0.4, 0.5) is 0 Å². The maximum Gasteiger partial charge on any atom is 0.308 e. The molecule has 2 saturated carbocycles. The van der Waals surface area contributed by atoms with Crippen LogP contribution in [-0.2, 0) is 38.7 Å². The van der Waals surface area contributed by atoms with Crippen molar-refractivity contribution in [1.82, 2.24) is 25.2 Å². The minimum Gasteiger partial charge on any atom is -0.497 e. The van der Waals surface area contributed by atoms with Gasteiger partial charge in [-0.25, -0.2) is 13.4 Å². The van der Waals surface area contributed by atoms with Crippen LogP contribution in [0.25, 0.3) is 22.2 Å². The summed E-state index contributed by atoms with van der Waals surface area (Å²) in [5, 5.41) is 5.54. The zero-order valence-electron chi connectivity index (χ0n) is 33.0. The van der Waals surface area contributed by atoms with E-state index in [-0.39, 0.29) is 25.8 Å². The number of nitrogens with one attached hydrogen (secondary N) is 3. The Balaban J connectivity index is 1.24. The predicted molar refractivity (Wildman–Crippen MR) is 213 cm³/mol. The number of aromatic nitrogens is 1. The third-order valence-electron chi connectivity index (χ3n) is 10.7. The fourth-order valence-electron chi connectivity index (χ4n) is 7.54. The molecule has 2 aromatic carbocycles. The number of ether oxygens (including phenoxy) is 3. The Morgan fingerprint density at radius 2 is 1.81 bits per heavy atom. The summed E-state index contributed by atoms with van der Waals surface area (Å²) in [6.07, 6.45) is 4.11. The molecule has 1 aromatic heterocycles. The number of allylic oxidation sites excluding steroid dienone is 1. The number of hydrogen-bond donors (Lipinski definition) is 3. The molecule has 2 unspecified atom stereocenters. The first-order valence-electron chi connectivity index (χ1n) is 19.6. The summed E-state index contributed by atoms with van der Waals surface area (Å²) in [4.78, 5) is 75.5. The molecule has 3 aromatic rings. The van der Waals surface area contributed by atoms with Crippen molar-refractivity contribution in [2.75, 3.05) is 13.7 Å². The highest BCUT2D eigenvalue weighted by atomic mass is 32.2. The van der Waals surface area contributed by atoms with Crippen LogP contribution in [0.2, 0.25) is 0 Å². The largest absolute Gasteiger partial charge is 0.497 e. The average Bonchev–Trinajstić information content (AvgIpc) is 4.10. The smallest absolute Gasteiger partial charge is 0.308 e. The van der Waals surface area contributed by atoms with Crippen LogP contribution < -0.4 is 24.8 Å². The molecule has 3 fully saturated rings. The number of rotatable bonds is 9. The van der Waals surface area contributed by atoms with Gasteiger partial charge in [-0.3, -0.25) is 28.7 Å². The van der Waals surface area contributed by atoms with E-state index in [1.807, 2.05) is 36.4 Å². The zero-order chi connectivity index (χ0) is 41.4. The standard InChI is InChI=1S/C42H49N5O10S/c1-41(2,3)57-37(49)22-33-39(51)47-24-28(56-35-21-31(25-11-7-5-8-12-25)43-32-19-27(55-4)15-18-30(32)35)20-34(47)38(50)45-42(40(52)46-58(53,54)29-16-17-29)23-26(42)13-9-6-10-14-36(48)44-33/h5,7-9,11-13,15,18-19,21,26,28-29,33-34H,6,10,14,16-17,20,22-24H2,1-4H3,(H,44,48)(H,45,50)(H,46,52)/t26?,28-,33+,34+,42?/m1/s1. The van der Waals surface area contributed by atoms with E-state index in [0.717, 1.165) is 5.56 Å². The molecule has 15 nitrogen and oxygen atoms in total. The molecule has 58 heavy (non-hydrogen) atoms. The lowest BCUT2D eigenvalue weighted by atomic mass is 10.1. The van der Waals surface area contributed by atoms with Crippen LogP contribution in [0.5, 0.6) is 11.5 Å². The second-order valence-corrected chi connectivity index (χ2v) is 18.4. The Morgan fingerprint density at radius 1 is 1.05 bits per heavy atom. The third kappa shape index (κ3) is 9.11. The lowest BCUT2D eigenvalue weighted by Crippen LogP contribution is -2.58. The van der Waals surface area contributed by atoms with Gasteiger partial charge in [-0.1, -0.05) is 42.5 Å². The molecule has 4 amide bonds. The molecule has 5 atom stereocenters. The Labute approximate surface area is 337 Å². The summed E-state index contributed by atoms with van der Waals surface area (Å²) in [7, 11) is -2.39. The number of methoxy groups -OCH3 is 1. The Hall–Kier alpha value is -5.51. The summed E-state index contributed by atoms with van der Waals surface area (Å²) in [5.41, 5.74) is -0.436. The number of amides is 4. The second-order valence-electron chi connectivity index (χ2n) is 16.4. The zero-order valence-corrected chi connectivity index (χ0v) is 33.8. The Morgan fingerprint density at radius 3 is 2.52 bits per heavy atom. The quantitative estimate of drug-likeness (QED) is 0.210. The molecule has 2 aliphatic heterocycles. The fourth-order valence-corrected chi connectivity index (χ4v) is 8.90. The van der Waals surface area contributed by atoms with E-state index in [0.29, 0.717) is 53.8 Å². The van der Waals surface area contributed by atoms with Gasteiger partial charge in [0.05, 0.1) is 36.5 Å². The SMILES string of the molecule is COc1ccc2c(O[C@@H]3C[C@H]4C(=O)NC5(C(=O)NS(=O)(=O)C6CC6)CC5C=CCCCC(=O)N[C@@H](CC(=O)OC(C)(C)C)C(=O)N4C3)cc(-c3ccccc3)nc2c1. The van der Waals surface area contributed by atoms with E-state index < -0.39 is 86.5 Å². The van der Waals surface area contributed by atoms with E-state index in [1.54, 1.807) is 58.2 Å². The summed E-state index contributed by atoms with van der Waals surface area (Å²) in [6, 6.07) is 14.0. The number of sulfonamides is 1. The van der Waals surface area contributed by atoms with Crippen LogP contribution in [0.15, 0.2) is 66.7 Å². The van der Waals surface area contributed by atoms with Crippen molar-refractivity contribution in [3.8, 4) is 22.8 Å². The highest BCUT2D eigenvalue weighted by Crippen LogP contribution is 2.46. The van der Waals surface area contributed by atoms with Gasteiger partial charge < -0.3 is 29.7 Å². The minimum absolute atomic E-state index is 0.0361. The lowest BCUT2D eigenvalue weighted by Gasteiger charge is -2.30. The van der Waals surface area contributed by atoms with Gasteiger partial charge in [0.15, 0.2) is 0 Å². The maximum atomic E-state index is 14.6. The molecule has 0 spiro atoms. The van der Waals surface area contributed by atoms with Gasteiger partial charge in [0.1, 0.15) is 40.8 Å². The molecule has 3 heterocycles. The van der Waals surface area contributed by atoms with Gasteiger partial charge in [-0.05, 0) is 65.0 Å². The number of hydrogen-bond acceptors (Lipinski definition) is 11. The van der Waals surface area contributed by atoms with Crippen LogP contribution in [-0.4, -0.2) is 96.1 Å². The first-order valence-corrected chi connectivity index (χ1v) is 21.2. The highest BCUT2D eigenvalue weighted by molar-refractivity contribution is 7.91. The van der Waals surface area contributed by atoms with Gasteiger partial charge in [0.2, 0.25) is 27.7 Å². The number of nitrogens with zero attached hydrogens (tertiary/aromatic N) is 2. The third-order valence-corrected chi connectivity index (χ3v) is 12.5. The van der Waals surface area contributed by atoms with Crippen molar-refractivity contribution in [2.45, 2.75) is 107 Å². The molecule has 0 bridgehead atoms. The molecule has 7 rings (SSSR count). The fraction of sp³-hybridized carbons (Fsp3) is 0.476. The van der Waals surface area contributed by atoms with E-state index >= 15 is 0 Å². The van der Waals surface area contributed by atoms with E-state index in [2.05, 4.69) is 15.4 Å². The van der Waals surface area contributed by atoms with Crippen molar-refractivity contribution in [1.29, 1.82) is 0 Å². The van der Waals surface area contributed by atoms with Crippen LogP contribution in [0, 0.1) is 5.92 Å². The van der Waals surface area contributed by atoms with Crippen LogP contribution >= 0.6 is 0 Å².